The molecule has 158 valence electrons. The molecule has 2 saturated carbocycles. The minimum atomic E-state index is -2.89. The second-order valence-electron chi connectivity index (χ2n) is 8.17. The third-order valence-electron chi connectivity index (χ3n) is 6.81. The van der Waals surface area contributed by atoms with Crippen molar-refractivity contribution in [3.05, 3.63) is 26.8 Å². The number of primary amides is 1. The number of benzene rings is 1. The van der Waals surface area contributed by atoms with Gasteiger partial charge in [-0.2, -0.15) is 0 Å². The molecule has 1 amide bonds. The minimum Gasteiger partial charge on any atom is -0.506 e. The highest BCUT2D eigenvalue weighted by molar-refractivity contribution is 14.1. The summed E-state index contributed by atoms with van der Waals surface area (Å²) in [6, 6.07) is 3.21. The van der Waals surface area contributed by atoms with E-state index in [1.807, 2.05) is 22.6 Å². The van der Waals surface area contributed by atoms with Crippen LogP contribution in [0.5, 0.6) is 5.75 Å². The van der Waals surface area contributed by atoms with Gasteiger partial charge in [0.15, 0.2) is 34.7 Å². The lowest BCUT2D eigenvalue weighted by atomic mass is 9.50. The van der Waals surface area contributed by atoms with Gasteiger partial charge < -0.3 is 21.1 Å². The fourth-order valence-electron chi connectivity index (χ4n) is 5.33. The number of hydrogen-bond donors (Lipinski definition) is 4. The number of hydrogen-bond acceptors (Lipinski definition) is 8. The van der Waals surface area contributed by atoms with Crippen LogP contribution in [0.1, 0.15) is 35.2 Å². The van der Waals surface area contributed by atoms with Crippen molar-refractivity contribution < 1.29 is 39.3 Å². The van der Waals surface area contributed by atoms with Crippen molar-refractivity contribution >= 4 is 51.6 Å². The van der Waals surface area contributed by atoms with E-state index in [0.717, 1.165) is 0 Å². The van der Waals surface area contributed by atoms with Crippen molar-refractivity contribution in [2.45, 2.75) is 31.0 Å². The summed E-state index contributed by atoms with van der Waals surface area (Å²) in [6.45, 7) is 1.66. The molecule has 0 heterocycles. The fraction of sp³-hybridized carbons (Fsp3) is 0.450. The second-order valence-corrected chi connectivity index (χ2v) is 9.33. The highest BCUT2D eigenvalue weighted by Crippen LogP contribution is 2.54. The van der Waals surface area contributed by atoms with Gasteiger partial charge in [-0.25, -0.2) is 0 Å². The Morgan fingerprint density at radius 3 is 2.43 bits per heavy atom. The zero-order chi connectivity index (χ0) is 22.3. The molecule has 2 fully saturated rings. The summed E-state index contributed by atoms with van der Waals surface area (Å²) in [5, 5.41) is 32.6. The predicted molar refractivity (Wildman–Crippen MR) is 107 cm³/mol. The Morgan fingerprint density at radius 1 is 1.20 bits per heavy atom. The van der Waals surface area contributed by atoms with E-state index in [1.54, 1.807) is 19.1 Å². The number of phenolic OH excluding ortho intramolecular Hbond substituents is 1. The number of nitrogens with two attached hydrogens (primary N) is 1. The molecule has 2 unspecified atom stereocenters. The summed E-state index contributed by atoms with van der Waals surface area (Å²) in [6.07, 6.45) is -2.15. The van der Waals surface area contributed by atoms with E-state index < -0.39 is 76.8 Å². The molecule has 7 atom stereocenters. The standard InChI is InChI=1S/C20H18INO8/c1-5-6-2-3-8(21)15(25)11(6)16(26)13-10(5)14(24)7-4-9(23)12(19(22)29)17(27)20(7,30)18(13)28/h2-3,5,7,10,12-14,24-25,30H,4H2,1H3,(H2,22,29)/t5-,7+,10+,12?,13?,14+,20+/m0/s1. The third-order valence-corrected chi connectivity index (χ3v) is 7.68. The van der Waals surface area contributed by atoms with Gasteiger partial charge >= 0.3 is 0 Å². The summed E-state index contributed by atoms with van der Waals surface area (Å²) in [4.78, 5) is 63.4. The first-order valence-electron chi connectivity index (χ1n) is 9.31. The van der Waals surface area contributed by atoms with Crippen LogP contribution in [-0.4, -0.2) is 56.1 Å². The molecule has 0 spiro atoms. The van der Waals surface area contributed by atoms with Crippen molar-refractivity contribution in [2.75, 3.05) is 0 Å². The molecule has 0 saturated heterocycles. The highest BCUT2D eigenvalue weighted by Gasteiger charge is 2.69. The van der Waals surface area contributed by atoms with E-state index in [1.165, 1.54) is 0 Å². The highest BCUT2D eigenvalue weighted by atomic mass is 127. The maximum atomic E-state index is 13.4. The number of rotatable bonds is 1. The number of carbonyl (C=O) groups is 5. The molecular formula is C20H18INO8. The quantitative estimate of drug-likeness (QED) is 0.279. The average Bonchev–Trinajstić information content (AvgIpc) is 2.67. The van der Waals surface area contributed by atoms with Crippen molar-refractivity contribution in [1.82, 2.24) is 0 Å². The van der Waals surface area contributed by atoms with Gasteiger partial charge in [-0.15, -0.1) is 0 Å². The number of amides is 1. The molecule has 3 aliphatic rings. The Balaban J connectivity index is 1.91. The van der Waals surface area contributed by atoms with Gasteiger partial charge in [0.05, 0.1) is 21.2 Å². The third kappa shape index (κ3) is 2.44. The van der Waals surface area contributed by atoms with E-state index >= 15 is 0 Å². The van der Waals surface area contributed by atoms with Gasteiger partial charge in [-0.1, -0.05) is 13.0 Å². The number of halogens is 1. The van der Waals surface area contributed by atoms with Gasteiger partial charge in [-0.3, -0.25) is 24.0 Å². The van der Waals surface area contributed by atoms with Gasteiger partial charge in [0.2, 0.25) is 5.91 Å². The number of Topliss-reactive ketones (excluding diaryl/α,β-unsaturated/α-hetero) is 4. The largest absolute Gasteiger partial charge is 0.506 e. The Morgan fingerprint density at radius 2 is 1.83 bits per heavy atom. The lowest BCUT2D eigenvalue weighted by Gasteiger charge is -2.52. The molecule has 0 aliphatic heterocycles. The van der Waals surface area contributed by atoms with Gasteiger partial charge in [-0.05, 0) is 40.1 Å². The second kappa shape index (κ2) is 6.66. The number of carbonyl (C=O) groups excluding carboxylic acids is 5. The molecule has 9 nitrogen and oxygen atoms in total. The first-order chi connectivity index (χ1) is 13.9. The Labute approximate surface area is 183 Å². The molecule has 4 rings (SSSR count). The molecule has 0 aromatic heterocycles. The van der Waals surface area contributed by atoms with Crippen LogP contribution in [0.3, 0.4) is 0 Å². The summed E-state index contributed by atoms with van der Waals surface area (Å²) >= 11 is 1.82. The van der Waals surface area contributed by atoms with Crippen molar-refractivity contribution in [1.29, 1.82) is 0 Å². The minimum absolute atomic E-state index is 0.0935. The van der Waals surface area contributed by atoms with E-state index in [0.29, 0.717) is 9.13 Å². The number of fused-ring (bicyclic) bond motifs is 3. The van der Waals surface area contributed by atoms with Crippen LogP contribution in [0.2, 0.25) is 0 Å². The monoisotopic (exact) mass is 527 g/mol. The summed E-state index contributed by atoms with van der Waals surface area (Å²) in [5.74, 6) is -12.6. The van der Waals surface area contributed by atoms with Crippen LogP contribution in [-0.2, 0) is 19.2 Å². The van der Waals surface area contributed by atoms with Crippen molar-refractivity contribution in [3.63, 3.8) is 0 Å². The number of phenols is 1. The Kier molecular flexibility index (Phi) is 4.68. The predicted octanol–water partition coefficient (Wildman–Crippen LogP) is -0.537. The number of aliphatic hydroxyl groups is 2. The molecule has 5 N–H and O–H groups in total. The first-order valence-corrected chi connectivity index (χ1v) is 10.4. The maximum Gasteiger partial charge on any atom is 0.235 e. The van der Waals surface area contributed by atoms with Crippen LogP contribution >= 0.6 is 22.6 Å². The molecule has 1 aromatic carbocycles. The fourth-order valence-corrected chi connectivity index (χ4v) is 5.78. The molecule has 0 bridgehead atoms. The van der Waals surface area contributed by atoms with Gasteiger partial charge in [0, 0.05) is 18.3 Å². The van der Waals surface area contributed by atoms with Crippen molar-refractivity contribution in [2.24, 2.45) is 29.4 Å². The average molecular weight is 527 g/mol. The normalized spacial score (nSPS) is 38.0. The molecule has 1 aromatic rings. The molecule has 0 radical (unpaired) electrons. The van der Waals surface area contributed by atoms with Crippen LogP contribution in [0, 0.1) is 27.2 Å². The van der Waals surface area contributed by atoms with Crippen molar-refractivity contribution in [3.8, 4) is 5.75 Å². The smallest absolute Gasteiger partial charge is 0.235 e. The Hall–Kier alpha value is -2.18. The number of aliphatic hydroxyl groups excluding tert-OH is 1. The summed E-state index contributed by atoms with van der Waals surface area (Å²) < 4.78 is 0.374. The van der Waals surface area contributed by atoms with Gasteiger partial charge in [0.25, 0.3) is 0 Å². The lowest BCUT2D eigenvalue weighted by Crippen LogP contribution is -2.72. The lowest BCUT2D eigenvalue weighted by molar-refractivity contribution is -0.189. The molecule has 10 heteroatoms. The van der Waals surface area contributed by atoms with Crippen LogP contribution in [0.25, 0.3) is 0 Å². The van der Waals surface area contributed by atoms with E-state index in [9.17, 15) is 39.3 Å². The maximum absolute atomic E-state index is 13.4. The zero-order valence-electron chi connectivity index (χ0n) is 15.7. The molecular weight excluding hydrogens is 509 g/mol. The molecule has 3 aliphatic carbocycles. The van der Waals surface area contributed by atoms with Crippen LogP contribution in [0.15, 0.2) is 12.1 Å². The zero-order valence-corrected chi connectivity index (χ0v) is 17.8. The van der Waals surface area contributed by atoms with E-state index in [2.05, 4.69) is 0 Å². The van der Waals surface area contributed by atoms with Crippen LogP contribution < -0.4 is 5.73 Å². The summed E-state index contributed by atoms with van der Waals surface area (Å²) in [5.41, 5.74) is 2.57. The topological polar surface area (TPSA) is 172 Å². The summed E-state index contributed by atoms with van der Waals surface area (Å²) in [7, 11) is 0. The number of aromatic hydroxyl groups is 1. The van der Waals surface area contributed by atoms with Gasteiger partial charge in [0.1, 0.15) is 5.75 Å². The van der Waals surface area contributed by atoms with E-state index in [-0.39, 0.29) is 11.3 Å². The Bertz CT molecular complexity index is 1050. The number of ketones is 4. The van der Waals surface area contributed by atoms with Crippen LogP contribution in [0.4, 0.5) is 0 Å². The first kappa shape index (κ1) is 21.1. The SMILES string of the molecule is C[C@H]1c2ccc(I)c(O)c2C(=O)C2C(=O)[C@]3(O)C(=O)C(C(N)=O)C(=O)C[C@@H]3[C@@H](O)[C@@H]21. The van der Waals surface area contributed by atoms with E-state index in [4.69, 9.17) is 5.73 Å². The molecule has 30 heavy (non-hydrogen) atoms.